The van der Waals surface area contributed by atoms with E-state index < -0.39 is 0 Å². The highest BCUT2D eigenvalue weighted by Gasteiger charge is 2.10. The van der Waals surface area contributed by atoms with E-state index in [2.05, 4.69) is 22.8 Å². The van der Waals surface area contributed by atoms with Gasteiger partial charge < -0.3 is 5.32 Å². The number of hydrogen-bond acceptors (Lipinski definition) is 3. The van der Waals surface area contributed by atoms with Gasteiger partial charge in [0.05, 0.1) is 0 Å². The van der Waals surface area contributed by atoms with Gasteiger partial charge in [-0.1, -0.05) is 18.2 Å². The molecular weight excluding hydrogens is 265 g/mol. The van der Waals surface area contributed by atoms with Crippen molar-refractivity contribution in [3.8, 4) is 0 Å². The number of hydrogen-bond donors (Lipinski definition) is 1. The van der Waals surface area contributed by atoms with Gasteiger partial charge in [0.1, 0.15) is 5.82 Å². The summed E-state index contributed by atoms with van der Waals surface area (Å²) in [6, 6.07) is 11.5. The average molecular weight is 281 g/mol. The molecule has 18 heavy (non-hydrogen) atoms. The summed E-state index contributed by atoms with van der Waals surface area (Å²) < 4.78 is 13.5. The van der Waals surface area contributed by atoms with Crippen molar-refractivity contribution in [1.29, 1.82) is 0 Å². The average Bonchev–Trinajstić information content (AvgIpc) is 2.89. The minimum atomic E-state index is -0.131. The monoisotopic (exact) mass is 281 g/mol. The van der Waals surface area contributed by atoms with Gasteiger partial charge in [-0.2, -0.15) is 0 Å². The van der Waals surface area contributed by atoms with E-state index >= 15 is 0 Å². The van der Waals surface area contributed by atoms with E-state index in [-0.39, 0.29) is 5.82 Å². The molecule has 0 bridgehead atoms. The van der Waals surface area contributed by atoms with Gasteiger partial charge in [-0.05, 0) is 37.0 Å². The van der Waals surface area contributed by atoms with Gasteiger partial charge in [0.15, 0.2) is 0 Å². The van der Waals surface area contributed by atoms with Gasteiger partial charge in [-0.15, -0.1) is 23.1 Å². The summed E-state index contributed by atoms with van der Waals surface area (Å²) in [7, 11) is 1.96. The zero-order chi connectivity index (χ0) is 12.8. The van der Waals surface area contributed by atoms with E-state index in [1.165, 1.54) is 10.9 Å². The van der Waals surface area contributed by atoms with Gasteiger partial charge >= 0.3 is 0 Å². The van der Waals surface area contributed by atoms with Gasteiger partial charge in [-0.25, -0.2) is 4.39 Å². The first-order chi connectivity index (χ1) is 8.79. The fourth-order valence-corrected chi connectivity index (χ4v) is 3.50. The quantitative estimate of drug-likeness (QED) is 0.808. The van der Waals surface area contributed by atoms with Crippen molar-refractivity contribution < 1.29 is 4.39 Å². The second-order valence-corrected chi connectivity index (χ2v) is 6.10. The molecule has 1 aromatic heterocycles. The molecule has 96 valence electrons. The van der Waals surface area contributed by atoms with E-state index in [0.29, 0.717) is 6.04 Å². The summed E-state index contributed by atoms with van der Waals surface area (Å²) in [5.74, 6) is 0.739. The van der Waals surface area contributed by atoms with Crippen LogP contribution < -0.4 is 5.32 Å². The molecule has 0 radical (unpaired) electrons. The molecule has 4 heteroatoms. The van der Waals surface area contributed by atoms with Crippen LogP contribution >= 0.6 is 23.1 Å². The third-order valence-corrected chi connectivity index (χ3v) is 4.82. The molecule has 0 fully saturated rings. The second kappa shape index (κ2) is 6.92. The Morgan fingerprint density at radius 1 is 1.28 bits per heavy atom. The fraction of sp³-hybridized carbons (Fsp3) is 0.286. The van der Waals surface area contributed by atoms with Crippen LogP contribution in [0.5, 0.6) is 0 Å². The van der Waals surface area contributed by atoms with Crippen molar-refractivity contribution in [1.82, 2.24) is 5.32 Å². The Bertz CT molecular complexity index is 470. The van der Waals surface area contributed by atoms with E-state index in [4.69, 9.17) is 0 Å². The van der Waals surface area contributed by atoms with Crippen molar-refractivity contribution in [3.63, 3.8) is 0 Å². The first kappa shape index (κ1) is 13.6. The molecule has 0 spiro atoms. The van der Waals surface area contributed by atoms with Crippen LogP contribution in [0.15, 0.2) is 46.7 Å². The topological polar surface area (TPSA) is 12.0 Å². The van der Waals surface area contributed by atoms with Gasteiger partial charge in [0.2, 0.25) is 0 Å². The lowest BCUT2D eigenvalue weighted by molar-refractivity contribution is 0.599. The molecule has 1 N–H and O–H groups in total. The number of benzene rings is 1. The number of likely N-dealkylation sites (N-methyl/N-ethyl adjacent to an activating group) is 1. The van der Waals surface area contributed by atoms with Crippen LogP contribution in [0.3, 0.4) is 0 Å². The lowest BCUT2D eigenvalue weighted by Crippen LogP contribution is -2.29. The Morgan fingerprint density at radius 3 is 2.78 bits per heavy atom. The molecule has 2 aromatic rings. The molecule has 1 atom stereocenters. The third-order valence-electron chi connectivity index (χ3n) is 2.71. The SMILES string of the molecule is CNC(CSc1ccccc1F)Cc1cccs1. The lowest BCUT2D eigenvalue weighted by atomic mass is 10.2. The van der Waals surface area contributed by atoms with E-state index in [0.717, 1.165) is 17.1 Å². The Balaban J connectivity index is 1.89. The summed E-state index contributed by atoms with van der Waals surface area (Å²) in [4.78, 5) is 2.09. The summed E-state index contributed by atoms with van der Waals surface area (Å²) in [6.07, 6.45) is 0.996. The molecular formula is C14H16FNS2. The molecule has 1 unspecified atom stereocenters. The standard InChI is InChI=1S/C14H16FNS2/c1-16-11(9-12-5-4-8-17-12)10-18-14-7-3-2-6-13(14)15/h2-8,11,16H,9-10H2,1H3. The van der Waals surface area contributed by atoms with E-state index in [9.17, 15) is 4.39 Å². The Kier molecular flexibility index (Phi) is 5.23. The third kappa shape index (κ3) is 3.83. The number of thiophene rings is 1. The van der Waals surface area contributed by atoms with Gasteiger partial charge in [0, 0.05) is 21.6 Å². The summed E-state index contributed by atoms with van der Waals surface area (Å²) in [5.41, 5.74) is 0. The molecule has 1 heterocycles. The molecule has 0 amide bonds. The summed E-state index contributed by atoms with van der Waals surface area (Å²) in [6.45, 7) is 0. The number of halogens is 1. The number of rotatable bonds is 6. The van der Waals surface area contributed by atoms with Crippen LogP contribution in [0.2, 0.25) is 0 Å². The molecule has 2 rings (SSSR count). The van der Waals surface area contributed by atoms with Crippen molar-refractivity contribution in [2.75, 3.05) is 12.8 Å². The summed E-state index contributed by atoms with van der Waals surface area (Å²) in [5, 5.41) is 5.38. The van der Waals surface area contributed by atoms with E-state index in [1.807, 2.05) is 19.2 Å². The van der Waals surface area contributed by atoms with Crippen LogP contribution in [0.25, 0.3) is 0 Å². The van der Waals surface area contributed by atoms with Crippen molar-refractivity contribution in [2.24, 2.45) is 0 Å². The minimum absolute atomic E-state index is 0.131. The molecule has 0 saturated carbocycles. The lowest BCUT2D eigenvalue weighted by Gasteiger charge is -2.15. The van der Waals surface area contributed by atoms with Crippen LogP contribution in [-0.4, -0.2) is 18.8 Å². The van der Waals surface area contributed by atoms with Crippen molar-refractivity contribution >= 4 is 23.1 Å². The number of nitrogens with one attached hydrogen (secondary N) is 1. The van der Waals surface area contributed by atoms with Crippen molar-refractivity contribution in [3.05, 3.63) is 52.5 Å². The molecule has 1 nitrogen and oxygen atoms in total. The van der Waals surface area contributed by atoms with Crippen LogP contribution in [0.1, 0.15) is 4.88 Å². The van der Waals surface area contributed by atoms with Crippen LogP contribution in [-0.2, 0) is 6.42 Å². The Hall–Kier alpha value is -0.840. The largest absolute Gasteiger partial charge is 0.316 e. The molecule has 0 aliphatic carbocycles. The highest BCUT2D eigenvalue weighted by atomic mass is 32.2. The minimum Gasteiger partial charge on any atom is -0.316 e. The maximum atomic E-state index is 13.5. The van der Waals surface area contributed by atoms with E-state index in [1.54, 1.807) is 29.2 Å². The first-order valence-electron chi connectivity index (χ1n) is 5.86. The zero-order valence-electron chi connectivity index (χ0n) is 10.2. The maximum absolute atomic E-state index is 13.5. The highest BCUT2D eigenvalue weighted by Crippen LogP contribution is 2.23. The Morgan fingerprint density at radius 2 is 2.11 bits per heavy atom. The highest BCUT2D eigenvalue weighted by molar-refractivity contribution is 7.99. The maximum Gasteiger partial charge on any atom is 0.136 e. The van der Waals surface area contributed by atoms with Crippen LogP contribution in [0, 0.1) is 5.82 Å². The molecule has 1 aromatic carbocycles. The normalized spacial score (nSPS) is 12.6. The van der Waals surface area contributed by atoms with Gasteiger partial charge in [0.25, 0.3) is 0 Å². The Labute approximate surface area is 115 Å². The molecule has 0 saturated heterocycles. The molecule has 0 aliphatic heterocycles. The predicted molar refractivity (Wildman–Crippen MR) is 78.0 cm³/mol. The first-order valence-corrected chi connectivity index (χ1v) is 7.73. The van der Waals surface area contributed by atoms with Gasteiger partial charge in [-0.3, -0.25) is 0 Å². The second-order valence-electron chi connectivity index (χ2n) is 4.01. The molecule has 0 aliphatic rings. The summed E-state index contributed by atoms with van der Waals surface area (Å²) >= 11 is 3.34. The number of thioether (sulfide) groups is 1. The predicted octanol–water partition coefficient (Wildman–Crippen LogP) is 3.81. The smallest absolute Gasteiger partial charge is 0.136 e. The van der Waals surface area contributed by atoms with Crippen LogP contribution in [0.4, 0.5) is 4.39 Å². The zero-order valence-corrected chi connectivity index (χ0v) is 11.9. The fourth-order valence-electron chi connectivity index (χ4n) is 1.67. The van der Waals surface area contributed by atoms with Crippen molar-refractivity contribution in [2.45, 2.75) is 17.4 Å².